The Hall–Kier alpha value is -1.31. The molecule has 2 N–H and O–H groups in total. The number of nitrogens with one attached hydrogen (secondary N) is 1. The molecule has 0 aliphatic rings. The van der Waals surface area contributed by atoms with Crippen molar-refractivity contribution in [2.45, 2.75) is 39.8 Å². The summed E-state index contributed by atoms with van der Waals surface area (Å²) in [5.41, 5.74) is -0.552. The lowest BCUT2D eigenvalue weighted by molar-refractivity contribution is -0.162. The van der Waals surface area contributed by atoms with E-state index < -0.39 is 30.7 Å². The highest BCUT2D eigenvalue weighted by molar-refractivity contribution is 5.81. The minimum absolute atomic E-state index is 0.111. The molecule has 2 amide bonds. The summed E-state index contributed by atoms with van der Waals surface area (Å²) in [6.45, 7) is 3.18. The normalized spacial score (nSPS) is 12.1. The van der Waals surface area contributed by atoms with Crippen LogP contribution in [-0.4, -0.2) is 54.2 Å². The van der Waals surface area contributed by atoms with Gasteiger partial charge in [-0.3, -0.25) is 9.59 Å². The zero-order valence-electron chi connectivity index (χ0n) is 12.6. The number of carbonyl (C=O) groups is 2. The van der Waals surface area contributed by atoms with Crippen LogP contribution < -0.4 is 5.32 Å². The molecule has 0 saturated carbocycles. The number of rotatable bonds is 7. The lowest BCUT2D eigenvalue weighted by atomic mass is 9.96. The van der Waals surface area contributed by atoms with Crippen molar-refractivity contribution in [3.05, 3.63) is 0 Å². The number of nitrogens with zero attached hydrogens (tertiary/aromatic N) is 1. The molecule has 0 aromatic heterocycles. The van der Waals surface area contributed by atoms with Crippen LogP contribution in [0.4, 0.5) is 13.2 Å². The molecule has 0 saturated heterocycles. The van der Waals surface area contributed by atoms with E-state index in [1.54, 1.807) is 20.8 Å². The molecular weight excluding hydrogens is 289 g/mol. The molecule has 0 fully saturated rings. The van der Waals surface area contributed by atoms with Crippen molar-refractivity contribution in [3.8, 4) is 0 Å². The zero-order valence-corrected chi connectivity index (χ0v) is 12.6. The number of carbonyl (C=O) groups excluding carboxylic acids is 2. The van der Waals surface area contributed by atoms with E-state index in [0.717, 1.165) is 0 Å². The monoisotopic (exact) mass is 312 g/mol. The average Bonchev–Trinajstić information content (AvgIpc) is 2.30. The smallest absolute Gasteiger partial charge is 0.395 e. The van der Waals surface area contributed by atoms with Gasteiger partial charge in [0.1, 0.15) is 6.54 Å². The van der Waals surface area contributed by atoms with Gasteiger partial charge in [0.05, 0.1) is 6.61 Å². The van der Waals surface area contributed by atoms with Gasteiger partial charge >= 0.3 is 6.18 Å². The molecule has 0 spiro atoms. The second-order valence-corrected chi connectivity index (χ2v) is 5.76. The van der Waals surface area contributed by atoms with Gasteiger partial charge in [-0.2, -0.15) is 13.2 Å². The first-order valence-corrected chi connectivity index (χ1v) is 6.71. The van der Waals surface area contributed by atoms with Gasteiger partial charge < -0.3 is 15.3 Å². The Bertz CT molecular complexity index is 352. The van der Waals surface area contributed by atoms with Crippen LogP contribution in [0.3, 0.4) is 0 Å². The summed E-state index contributed by atoms with van der Waals surface area (Å²) >= 11 is 0. The second kappa shape index (κ2) is 8.21. The van der Waals surface area contributed by atoms with Crippen molar-refractivity contribution in [3.63, 3.8) is 0 Å². The predicted molar refractivity (Wildman–Crippen MR) is 71.4 cm³/mol. The van der Waals surface area contributed by atoms with E-state index in [1.807, 2.05) is 0 Å². The molecule has 0 atom stereocenters. The highest BCUT2D eigenvalue weighted by Gasteiger charge is 2.32. The van der Waals surface area contributed by atoms with Gasteiger partial charge in [0.25, 0.3) is 0 Å². The second-order valence-electron chi connectivity index (χ2n) is 5.76. The van der Waals surface area contributed by atoms with Crippen LogP contribution in [0.2, 0.25) is 0 Å². The number of hydrogen-bond acceptors (Lipinski definition) is 3. The van der Waals surface area contributed by atoms with E-state index in [1.165, 1.54) is 0 Å². The summed E-state index contributed by atoms with van der Waals surface area (Å²) in [5.74, 6) is -0.871. The van der Waals surface area contributed by atoms with Gasteiger partial charge in [-0.1, -0.05) is 20.8 Å². The summed E-state index contributed by atoms with van der Waals surface area (Å²) in [6.07, 6.45) is -4.35. The molecule has 8 heteroatoms. The molecule has 0 aliphatic heterocycles. The molecule has 0 aliphatic carbocycles. The first-order valence-electron chi connectivity index (χ1n) is 6.71. The van der Waals surface area contributed by atoms with Crippen molar-refractivity contribution >= 4 is 11.8 Å². The quantitative estimate of drug-likeness (QED) is 0.697. The summed E-state index contributed by atoms with van der Waals surface area (Å²) in [4.78, 5) is 23.8. The van der Waals surface area contributed by atoms with Gasteiger partial charge in [-0.15, -0.1) is 0 Å². The predicted octanol–water partition coefficient (Wildman–Crippen LogP) is 1.31. The van der Waals surface area contributed by atoms with Crippen molar-refractivity contribution in [2.75, 3.05) is 26.2 Å². The summed E-state index contributed by atoms with van der Waals surface area (Å²) in [7, 11) is 0. The fourth-order valence-electron chi connectivity index (χ4n) is 1.49. The molecule has 0 radical (unpaired) electrons. The zero-order chi connectivity index (χ0) is 16.7. The molecule has 0 rings (SSSR count). The molecule has 0 aromatic rings. The molecule has 5 nitrogen and oxygen atoms in total. The van der Waals surface area contributed by atoms with Gasteiger partial charge in [-0.05, 0) is 6.42 Å². The Morgan fingerprint density at radius 3 is 2.19 bits per heavy atom. The van der Waals surface area contributed by atoms with E-state index in [9.17, 15) is 22.8 Å². The summed E-state index contributed by atoms with van der Waals surface area (Å²) in [6, 6.07) is 0. The molecule has 21 heavy (non-hydrogen) atoms. The largest absolute Gasteiger partial charge is 0.406 e. The van der Waals surface area contributed by atoms with Crippen LogP contribution in [0.5, 0.6) is 0 Å². The molecule has 124 valence electrons. The van der Waals surface area contributed by atoms with Crippen LogP contribution in [0.1, 0.15) is 33.6 Å². The number of aliphatic hydroxyl groups excluding tert-OH is 1. The number of halogens is 3. The van der Waals surface area contributed by atoms with Gasteiger partial charge in [-0.25, -0.2) is 0 Å². The SMILES string of the molecule is CC(C)(C)C(=O)NCCCC(=O)N(CCO)CC(F)(F)F. The molecule has 0 aromatic carbocycles. The van der Waals surface area contributed by atoms with Gasteiger partial charge in [0, 0.05) is 24.9 Å². The lowest BCUT2D eigenvalue weighted by Gasteiger charge is -2.23. The number of hydrogen-bond donors (Lipinski definition) is 2. The van der Waals surface area contributed by atoms with Gasteiger partial charge in [0.2, 0.25) is 11.8 Å². The highest BCUT2D eigenvalue weighted by atomic mass is 19.4. The molecule has 0 unspecified atom stereocenters. The van der Waals surface area contributed by atoms with Crippen LogP contribution in [-0.2, 0) is 9.59 Å². The highest BCUT2D eigenvalue weighted by Crippen LogP contribution is 2.17. The Balaban J connectivity index is 4.18. The number of aliphatic hydroxyl groups is 1. The first kappa shape index (κ1) is 19.7. The van der Waals surface area contributed by atoms with Crippen LogP contribution in [0.25, 0.3) is 0 Å². The van der Waals surface area contributed by atoms with Crippen molar-refractivity contribution in [1.29, 1.82) is 0 Å². The van der Waals surface area contributed by atoms with E-state index in [-0.39, 0.29) is 31.8 Å². The minimum atomic E-state index is -4.49. The van der Waals surface area contributed by atoms with E-state index >= 15 is 0 Å². The minimum Gasteiger partial charge on any atom is -0.395 e. The topological polar surface area (TPSA) is 69.6 Å². The Labute approximate surface area is 122 Å². The molecule has 0 bridgehead atoms. The van der Waals surface area contributed by atoms with E-state index in [4.69, 9.17) is 5.11 Å². The van der Waals surface area contributed by atoms with Crippen molar-refractivity contribution in [2.24, 2.45) is 5.41 Å². The third-order valence-electron chi connectivity index (χ3n) is 2.63. The van der Waals surface area contributed by atoms with Crippen LogP contribution in [0.15, 0.2) is 0 Å². The first-order chi connectivity index (χ1) is 9.47. The number of amides is 2. The third kappa shape index (κ3) is 9.28. The lowest BCUT2D eigenvalue weighted by Crippen LogP contribution is -2.41. The van der Waals surface area contributed by atoms with Crippen molar-refractivity contribution in [1.82, 2.24) is 10.2 Å². The van der Waals surface area contributed by atoms with Crippen LogP contribution in [0, 0.1) is 5.41 Å². The fraction of sp³-hybridized carbons (Fsp3) is 0.846. The van der Waals surface area contributed by atoms with Crippen molar-refractivity contribution < 1.29 is 27.9 Å². The Kier molecular flexibility index (Phi) is 7.70. The Morgan fingerprint density at radius 2 is 1.76 bits per heavy atom. The van der Waals surface area contributed by atoms with Gasteiger partial charge in [0.15, 0.2) is 0 Å². The average molecular weight is 312 g/mol. The maximum absolute atomic E-state index is 12.3. The Morgan fingerprint density at radius 1 is 1.19 bits per heavy atom. The number of alkyl halides is 3. The molecular formula is C13H23F3N2O3. The van der Waals surface area contributed by atoms with E-state index in [2.05, 4.69) is 5.32 Å². The van der Waals surface area contributed by atoms with Crippen LogP contribution >= 0.6 is 0 Å². The van der Waals surface area contributed by atoms with E-state index in [0.29, 0.717) is 4.90 Å². The summed E-state index contributed by atoms with van der Waals surface area (Å²) < 4.78 is 36.8. The summed E-state index contributed by atoms with van der Waals surface area (Å²) in [5, 5.41) is 11.3. The third-order valence-corrected chi connectivity index (χ3v) is 2.63. The maximum Gasteiger partial charge on any atom is 0.406 e. The maximum atomic E-state index is 12.3. The fourth-order valence-corrected chi connectivity index (χ4v) is 1.49. The standard InChI is InChI=1S/C13H23F3N2O3/c1-12(2,3)11(21)17-6-4-5-10(20)18(7-8-19)9-13(14,15)16/h19H,4-9H2,1-3H3,(H,17,21). The molecule has 0 heterocycles.